The maximum atomic E-state index is 5.40. The normalized spacial score (nSPS) is 12.2. The first kappa shape index (κ1) is 45.6. The van der Waals surface area contributed by atoms with Crippen LogP contribution in [0.1, 0.15) is 116 Å². The van der Waals surface area contributed by atoms with Crippen LogP contribution in [0.3, 0.4) is 0 Å². The zero-order valence-electron chi connectivity index (χ0n) is 41.3. The van der Waals surface area contributed by atoms with E-state index in [-0.39, 0.29) is 21.7 Å². The monoisotopic (exact) mass is 888 g/mol. The fourth-order valence-corrected chi connectivity index (χ4v) is 9.76. The maximum Gasteiger partial charge on any atom is 0.434 e. The molecule has 0 saturated carbocycles. The van der Waals surface area contributed by atoms with E-state index in [2.05, 4.69) is 226 Å². The van der Waals surface area contributed by atoms with E-state index in [0.717, 1.165) is 59.3 Å². The van der Waals surface area contributed by atoms with E-state index in [9.17, 15) is 0 Å². The van der Waals surface area contributed by atoms with Gasteiger partial charge in [0.1, 0.15) is 5.01 Å². The summed E-state index contributed by atoms with van der Waals surface area (Å²) >= 11 is 1.75. The minimum atomic E-state index is -0.501. The van der Waals surface area contributed by atoms with E-state index in [1.54, 1.807) is 11.3 Å². The smallest absolute Gasteiger partial charge is 0.361 e. The summed E-state index contributed by atoms with van der Waals surface area (Å²) in [5, 5.41) is 3.28. The van der Waals surface area contributed by atoms with E-state index in [4.69, 9.17) is 4.98 Å². The van der Waals surface area contributed by atoms with Crippen LogP contribution in [0, 0.1) is 23.5 Å². The van der Waals surface area contributed by atoms with Crippen LogP contribution < -0.4 is 0 Å². The molecule has 7 aromatic carbocycles. The highest BCUT2D eigenvalue weighted by Crippen LogP contribution is 2.45. The molecule has 0 aliphatic rings. The summed E-state index contributed by atoms with van der Waals surface area (Å²) in [6, 6.07) is 55.3. The highest BCUT2D eigenvalue weighted by Gasteiger charge is 2.28. The molecular formula is C63H61BN2S. The Hall–Kier alpha value is -6.59. The zero-order valence-corrected chi connectivity index (χ0v) is 42.1. The molecule has 4 heteroatoms. The first-order chi connectivity index (χ1) is 31.7. The average molecular weight is 889 g/mol. The van der Waals surface area contributed by atoms with Gasteiger partial charge in [-0.15, -0.1) is 23.0 Å². The topological polar surface area (TPSA) is 17.8 Å². The van der Waals surface area contributed by atoms with E-state index in [0.29, 0.717) is 0 Å². The van der Waals surface area contributed by atoms with Crippen molar-refractivity contribution in [2.45, 2.75) is 105 Å². The molecule has 0 amide bonds. The Bertz CT molecular complexity index is 3290. The number of benzene rings is 7. The molecule has 2 aromatic heterocycles. The summed E-state index contributed by atoms with van der Waals surface area (Å²) in [5.74, 6) is 14.5. The van der Waals surface area contributed by atoms with E-state index in [1.165, 1.54) is 38.9 Å². The lowest BCUT2D eigenvalue weighted by Crippen LogP contribution is -2.21. The highest BCUT2D eigenvalue weighted by molar-refractivity contribution is 7.21. The van der Waals surface area contributed by atoms with Crippen molar-refractivity contribution in [3.63, 3.8) is 0 Å². The maximum absolute atomic E-state index is 5.40. The molecular weight excluding hydrogens is 828 g/mol. The Morgan fingerprint density at radius 1 is 0.448 bits per heavy atom. The first-order valence-corrected chi connectivity index (χ1v) is 24.5. The van der Waals surface area contributed by atoms with Crippen molar-refractivity contribution in [3.05, 3.63) is 185 Å². The van der Waals surface area contributed by atoms with Gasteiger partial charge in [0.15, 0.2) is 0 Å². The van der Waals surface area contributed by atoms with Gasteiger partial charge in [0, 0.05) is 38.5 Å². The minimum Gasteiger partial charge on any atom is -0.361 e. The molecule has 0 radical (unpaired) electrons. The van der Waals surface area contributed by atoms with Crippen molar-refractivity contribution in [2.24, 2.45) is 0 Å². The van der Waals surface area contributed by atoms with E-state index in [1.807, 2.05) is 36.4 Å². The third kappa shape index (κ3) is 9.52. The van der Waals surface area contributed by atoms with Crippen molar-refractivity contribution in [3.8, 4) is 56.3 Å². The molecule has 0 N–H and O–H groups in total. The SMILES string of the molecule is CC(C)(C)c1cc(-c2ccc3c(c2)c2cc(-c4cc(C(C)(C)C)cc(C(C)(C)C)c4)cc(-c4nc5ccccc5s4)c2n3B(C#Cc2ccccc2)C#Cc2ccccc2)cc(C(C)(C)C)c1. The van der Waals surface area contributed by atoms with Crippen LogP contribution in [0.15, 0.2) is 152 Å². The van der Waals surface area contributed by atoms with Crippen molar-refractivity contribution in [1.29, 1.82) is 0 Å². The Balaban J connectivity index is 1.43. The second-order valence-electron chi connectivity index (χ2n) is 22.3. The quantitative estimate of drug-likeness (QED) is 0.127. The fourth-order valence-electron chi connectivity index (χ4n) is 8.78. The fraction of sp³-hybridized carbons (Fsp3) is 0.254. The second-order valence-corrected chi connectivity index (χ2v) is 23.3. The minimum absolute atomic E-state index is 0.0211. The van der Waals surface area contributed by atoms with Crippen LogP contribution in [0.25, 0.3) is 64.8 Å². The second kappa shape index (κ2) is 17.2. The molecule has 0 bridgehead atoms. The molecule has 0 aliphatic heterocycles. The molecule has 0 fully saturated rings. The summed E-state index contributed by atoms with van der Waals surface area (Å²) in [6.07, 6.45) is 0. The summed E-state index contributed by atoms with van der Waals surface area (Å²) in [5.41, 5.74) is 16.1. The molecule has 67 heavy (non-hydrogen) atoms. The lowest BCUT2D eigenvalue weighted by Gasteiger charge is -2.26. The highest BCUT2D eigenvalue weighted by atomic mass is 32.1. The molecule has 0 saturated heterocycles. The van der Waals surface area contributed by atoms with Crippen LogP contribution in [0.4, 0.5) is 0 Å². The Labute approximate surface area is 403 Å². The van der Waals surface area contributed by atoms with Gasteiger partial charge in [0.25, 0.3) is 0 Å². The predicted molar refractivity (Wildman–Crippen MR) is 292 cm³/mol. The van der Waals surface area contributed by atoms with Gasteiger partial charge in [-0.2, -0.15) is 0 Å². The molecule has 9 rings (SSSR count). The number of thiazole rings is 1. The molecule has 2 heterocycles. The summed E-state index contributed by atoms with van der Waals surface area (Å²) < 4.78 is 3.56. The van der Waals surface area contributed by atoms with Gasteiger partial charge in [-0.05, 0) is 127 Å². The summed E-state index contributed by atoms with van der Waals surface area (Å²) in [4.78, 5) is 5.40. The number of aromatic nitrogens is 2. The van der Waals surface area contributed by atoms with Gasteiger partial charge in [0.2, 0.25) is 0 Å². The van der Waals surface area contributed by atoms with Gasteiger partial charge in [-0.1, -0.05) is 186 Å². The van der Waals surface area contributed by atoms with Gasteiger partial charge in [0.05, 0.1) is 10.2 Å². The Kier molecular flexibility index (Phi) is 11.7. The third-order valence-corrected chi connectivity index (χ3v) is 14.0. The summed E-state index contributed by atoms with van der Waals surface area (Å²) in [6.45, 7) is 27.3. The number of para-hydroxylation sites is 1. The largest absolute Gasteiger partial charge is 0.434 e. The number of hydrogen-bond acceptors (Lipinski definition) is 2. The summed E-state index contributed by atoms with van der Waals surface area (Å²) in [7, 11) is 0. The molecule has 9 aromatic rings. The van der Waals surface area contributed by atoms with Crippen molar-refractivity contribution in [2.75, 3.05) is 0 Å². The van der Waals surface area contributed by atoms with Crippen LogP contribution in [0.5, 0.6) is 0 Å². The lowest BCUT2D eigenvalue weighted by atomic mass is 9.63. The van der Waals surface area contributed by atoms with Crippen LogP contribution >= 0.6 is 11.3 Å². The van der Waals surface area contributed by atoms with Gasteiger partial charge in [-0.25, -0.2) is 4.98 Å². The van der Waals surface area contributed by atoms with Crippen molar-refractivity contribution >= 4 is 50.2 Å². The number of fused-ring (bicyclic) bond motifs is 4. The van der Waals surface area contributed by atoms with Crippen LogP contribution in [-0.2, 0) is 21.7 Å². The zero-order chi connectivity index (χ0) is 47.5. The van der Waals surface area contributed by atoms with Crippen LogP contribution in [-0.4, -0.2) is 16.3 Å². The van der Waals surface area contributed by atoms with E-state index >= 15 is 0 Å². The van der Waals surface area contributed by atoms with Crippen LogP contribution in [0.2, 0.25) is 0 Å². The number of hydrogen-bond donors (Lipinski definition) is 0. The first-order valence-electron chi connectivity index (χ1n) is 23.6. The van der Waals surface area contributed by atoms with Crippen molar-refractivity contribution in [1.82, 2.24) is 9.46 Å². The molecule has 0 atom stereocenters. The molecule has 332 valence electrons. The molecule has 0 spiro atoms. The lowest BCUT2D eigenvalue weighted by molar-refractivity contribution is 0.568. The average Bonchev–Trinajstić information content (AvgIpc) is 3.87. The van der Waals surface area contributed by atoms with Crippen molar-refractivity contribution < 1.29 is 0 Å². The molecule has 0 aliphatic carbocycles. The number of nitrogens with zero attached hydrogens (tertiary/aromatic N) is 2. The molecule has 2 nitrogen and oxygen atoms in total. The van der Waals surface area contributed by atoms with E-state index < -0.39 is 6.85 Å². The number of rotatable bonds is 4. The van der Waals surface area contributed by atoms with Gasteiger partial charge < -0.3 is 4.48 Å². The van der Waals surface area contributed by atoms with Gasteiger partial charge in [-0.3, -0.25) is 0 Å². The Morgan fingerprint density at radius 2 is 0.896 bits per heavy atom. The molecule has 0 unspecified atom stereocenters. The third-order valence-electron chi connectivity index (χ3n) is 12.9. The van der Waals surface area contributed by atoms with Gasteiger partial charge >= 0.3 is 6.85 Å². The standard InChI is InChI=1S/C63H61BN2S/c1-60(2,3)48-33-45(34-49(40-48)61(4,5)6)44-27-28-56-52(37-44)53-38-47(46-35-50(62(7,8)9)41-51(36-46)63(10,11)12)39-54(59-65-55-25-19-20-26-57(55)67-59)58(53)66(56)64(31-29-42-21-15-13-16-22-42)32-30-43-23-17-14-18-24-43/h13-28,33-41H,1-12H3. The predicted octanol–water partition coefficient (Wildman–Crippen LogP) is 16.6. The Morgan fingerprint density at radius 3 is 1.39 bits per heavy atom.